The highest BCUT2D eigenvalue weighted by Crippen LogP contribution is 2.50. The van der Waals surface area contributed by atoms with Gasteiger partial charge in [-0.1, -0.05) is 41.0 Å². The SMILES string of the molecule is CCC(C)(C)C(C)(C)C(C)(C)OC(C)(C)C. The van der Waals surface area contributed by atoms with Crippen molar-refractivity contribution >= 4 is 0 Å². The quantitative estimate of drug-likeness (QED) is 0.655. The lowest BCUT2D eigenvalue weighted by Crippen LogP contribution is -2.53. The van der Waals surface area contributed by atoms with E-state index in [1.54, 1.807) is 0 Å². The van der Waals surface area contributed by atoms with Crippen molar-refractivity contribution in [2.24, 2.45) is 10.8 Å². The maximum Gasteiger partial charge on any atom is 0.0689 e. The molecule has 0 bridgehead atoms. The Hall–Kier alpha value is -0.0400. The van der Waals surface area contributed by atoms with Crippen LogP contribution in [0.5, 0.6) is 0 Å². The van der Waals surface area contributed by atoms with E-state index >= 15 is 0 Å². The Balaban J connectivity index is 5.14. The summed E-state index contributed by atoms with van der Waals surface area (Å²) in [7, 11) is 0. The molecule has 0 saturated carbocycles. The molecule has 0 rings (SSSR count). The minimum absolute atomic E-state index is 0.0927. The molecule has 0 aromatic rings. The lowest BCUT2D eigenvalue weighted by Gasteiger charge is -2.53. The van der Waals surface area contributed by atoms with Gasteiger partial charge in [-0.05, 0) is 45.4 Å². The van der Waals surface area contributed by atoms with Gasteiger partial charge in [-0.3, -0.25) is 0 Å². The molecule has 1 nitrogen and oxygen atoms in total. The standard InChI is InChI=1S/C15H32O/c1-11-13(5,6)14(7,8)15(9,10)16-12(2,3)4/h11H2,1-10H3. The predicted octanol–water partition coefficient (Wildman–Crippen LogP) is 5.04. The fourth-order valence-corrected chi connectivity index (χ4v) is 2.15. The summed E-state index contributed by atoms with van der Waals surface area (Å²) < 4.78 is 6.28. The van der Waals surface area contributed by atoms with Crippen molar-refractivity contribution < 1.29 is 4.74 Å². The molecule has 16 heavy (non-hydrogen) atoms. The van der Waals surface area contributed by atoms with Crippen LogP contribution in [0.2, 0.25) is 0 Å². The van der Waals surface area contributed by atoms with E-state index in [0.717, 1.165) is 6.42 Å². The zero-order chi connectivity index (χ0) is 13.4. The van der Waals surface area contributed by atoms with Gasteiger partial charge in [-0.15, -0.1) is 0 Å². The van der Waals surface area contributed by atoms with Crippen molar-refractivity contribution in [3.63, 3.8) is 0 Å². The van der Waals surface area contributed by atoms with Crippen LogP contribution in [0.3, 0.4) is 0 Å². The molecule has 0 aliphatic rings. The van der Waals surface area contributed by atoms with E-state index in [-0.39, 0.29) is 22.0 Å². The average Bonchev–Trinajstić information content (AvgIpc) is 1.99. The molecule has 0 heterocycles. The van der Waals surface area contributed by atoms with Crippen LogP contribution in [-0.2, 0) is 4.74 Å². The second kappa shape index (κ2) is 4.33. The van der Waals surface area contributed by atoms with Crippen LogP contribution in [0.4, 0.5) is 0 Å². The molecule has 0 N–H and O–H groups in total. The molecule has 0 saturated heterocycles. The average molecular weight is 228 g/mol. The summed E-state index contributed by atoms with van der Waals surface area (Å²) in [4.78, 5) is 0. The molecule has 0 aromatic heterocycles. The van der Waals surface area contributed by atoms with E-state index in [2.05, 4.69) is 69.2 Å². The molecule has 98 valence electrons. The number of rotatable bonds is 4. The topological polar surface area (TPSA) is 9.23 Å². The number of hydrogen-bond donors (Lipinski definition) is 0. The molecule has 0 aliphatic heterocycles. The monoisotopic (exact) mass is 228 g/mol. The van der Waals surface area contributed by atoms with E-state index in [4.69, 9.17) is 4.74 Å². The first kappa shape index (κ1) is 16.0. The fourth-order valence-electron chi connectivity index (χ4n) is 2.15. The highest BCUT2D eigenvalue weighted by Gasteiger charge is 2.49. The van der Waals surface area contributed by atoms with Gasteiger partial charge in [-0.2, -0.15) is 0 Å². The molecule has 0 unspecified atom stereocenters. The Kier molecular flexibility index (Phi) is 4.32. The largest absolute Gasteiger partial charge is 0.369 e. The molecular weight excluding hydrogens is 196 g/mol. The molecule has 0 radical (unpaired) electrons. The maximum absolute atomic E-state index is 6.28. The first-order valence-corrected chi connectivity index (χ1v) is 6.47. The van der Waals surface area contributed by atoms with Crippen LogP contribution in [0.1, 0.15) is 75.7 Å². The van der Waals surface area contributed by atoms with Crippen LogP contribution in [-0.4, -0.2) is 11.2 Å². The van der Waals surface area contributed by atoms with Gasteiger partial charge >= 0.3 is 0 Å². The first-order valence-electron chi connectivity index (χ1n) is 6.47. The molecular formula is C15H32O. The van der Waals surface area contributed by atoms with Gasteiger partial charge in [0.15, 0.2) is 0 Å². The zero-order valence-electron chi connectivity index (χ0n) is 13.1. The van der Waals surface area contributed by atoms with Crippen LogP contribution in [0.25, 0.3) is 0 Å². The maximum atomic E-state index is 6.28. The number of hydrogen-bond acceptors (Lipinski definition) is 1. The summed E-state index contributed by atoms with van der Waals surface area (Å²) >= 11 is 0. The lowest BCUT2D eigenvalue weighted by atomic mass is 9.58. The van der Waals surface area contributed by atoms with E-state index in [0.29, 0.717) is 0 Å². The summed E-state index contributed by atoms with van der Waals surface area (Å²) in [5.41, 5.74) is 0.166. The minimum Gasteiger partial charge on any atom is -0.369 e. The van der Waals surface area contributed by atoms with Crippen molar-refractivity contribution in [3.05, 3.63) is 0 Å². The Bertz CT molecular complexity index is 228. The van der Waals surface area contributed by atoms with Crippen LogP contribution >= 0.6 is 0 Å². The molecule has 0 amide bonds. The molecule has 0 atom stereocenters. The fraction of sp³-hybridized carbons (Fsp3) is 1.00. The Labute approximate surface area is 103 Å². The third kappa shape index (κ3) is 3.23. The summed E-state index contributed by atoms with van der Waals surface area (Å²) in [6.45, 7) is 22.4. The van der Waals surface area contributed by atoms with Crippen LogP contribution in [0, 0.1) is 10.8 Å². The highest BCUT2D eigenvalue weighted by molar-refractivity contribution is 4.98. The molecule has 0 aromatic carbocycles. The van der Waals surface area contributed by atoms with Gasteiger partial charge in [0.2, 0.25) is 0 Å². The number of ether oxygens (including phenoxy) is 1. The lowest BCUT2D eigenvalue weighted by molar-refractivity contribution is -0.197. The Morgan fingerprint density at radius 2 is 1.12 bits per heavy atom. The van der Waals surface area contributed by atoms with E-state index in [9.17, 15) is 0 Å². The summed E-state index contributed by atoms with van der Waals surface area (Å²) in [6.07, 6.45) is 1.16. The van der Waals surface area contributed by atoms with Crippen molar-refractivity contribution in [3.8, 4) is 0 Å². The summed E-state index contributed by atoms with van der Waals surface area (Å²) in [5.74, 6) is 0. The van der Waals surface area contributed by atoms with Crippen LogP contribution in [0.15, 0.2) is 0 Å². The Morgan fingerprint density at radius 3 is 1.38 bits per heavy atom. The molecule has 0 aliphatic carbocycles. The first-order chi connectivity index (χ1) is 6.77. The second-order valence-corrected chi connectivity index (χ2v) is 7.59. The molecule has 0 spiro atoms. The van der Waals surface area contributed by atoms with E-state index in [1.807, 2.05) is 0 Å². The van der Waals surface area contributed by atoms with Crippen molar-refractivity contribution in [1.82, 2.24) is 0 Å². The van der Waals surface area contributed by atoms with Gasteiger partial charge < -0.3 is 4.74 Å². The van der Waals surface area contributed by atoms with Gasteiger partial charge in [0.25, 0.3) is 0 Å². The smallest absolute Gasteiger partial charge is 0.0689 e. The highest BCUT2D eigenvalue weighted by atomic mass is 16.5. The molecule has 1 heteroatoms. The second-order valence-electron chi connectivity index (χ2n) is 7.59. The zero-order valence-corrected chi connectivity index (χ0v) is 13.1. The molecule has 0 fully saturated rings. The van der Waals surface area contributed by atoms with Gasteiger partial charge in [-0.25, -0.2) is 0 Å². The van der Waals surface area contributed by atoms with Crippen molar-refractivity contribution in [2.75, 3.05) is 0 Å². The predicted molar refractivity (Wildman–Crippen MR) is 72.8 cm³/mol. The third-order valence-electron chi connectivity index (χ3n) is 4.64. The van der Waals surface area contributed by atoms with Gasteiger partial charge in [0.05, 0.1) is 11.2 Å². The minimum atomic E-state index is -0.134. The summed E-state index contributed by atoms with van der Waals surface area (Å²) in [5, 5.41) is 0. The van der Waals surface area contributed by atoms with Crippen molar-refractivity contribution in [1.29, 1.82) is 0 Å². The van der Waals surface area contributed by atoms with Crippen LogP contribution < -0.4 is 0 Å². The Morgan fingerprint density at radius 1 is 0.750 bits per heavy atom. The van der Waals surface area contributed by atoms with E-state index < -0.39 is 0 Å². The summed E-state index contributed by atoms with van der Waals surface area (Å²) in [6, 6.07) is 0. The van der Waals surface area contributed by atoms with Gasteiger partial charge in [0, 0.05) is 0 Å². The third-order valence-corrected chi connectivity index (χ3v) is 4.64. The normalized spacial score (nSPS) is 15.4. The van der Waals surface area contributed by atoms with Crippen molar-refractivity contribution in [2.45, 2.75) is 86.9 Å². The van der Waals surface area contributed by atoms with Gasteiger partial charge in [0.1, 0.15) is 0 Å². The van der Waals surface area contributed by atoms with E-state index in [1.165, 1.54) is 0 Å².